The van der Waals surface area contributed by atoms with E-state index in [1.807, 2.05) is 20.8 Å². The molecule has 0 aliphatic rings. The Balaban J connectivity index is 3.00. The molecule has 0 bridgehead atoms. The number of rotatable bonds is 2. The molecule has 3 N–H and O–H groups in total. The van der Waals surface area contributed by atoms with Gasteiger partial charge >= 0.3 is 0 Å². The second kappa shape index (κ2) is 5.47. The Kier molecular flexibility index (Phi) is 4.48. The van der Waals surface area contributed by atoms with Gasteiger partial charge in [-0.1, -0.05) is 17.7 Å². The van der Waals surface area contributed by atoms with Crippen LogP contribution < -0.4 is 11.3 Å². The average molecular weight is 258 g/mol. The van der Waals surface area contributed by atoms with E-state index in [0.717, 1.165) is 0 Å². The van der Waals surface area contributed by atoms with Crippen molar-refractivity contribution in [2.24, 2.45) is 10.8 Å². The molecule has 0 heterocycles. The number of hydrogen-bond acceptors (Lipinski definition) is 2. The number of nitrogens with zero attached hydrogens (tertiary/aromatic N) is 1. The van der Waals surface area contributed by atoms with E-state index in [1.54, 1.807) is 12.1 Å². The lowest BCUT2D eigenvalue weighted by Gasteiger charge is -2.16. The molecule has 0 unspecified atom stereocenters. The minimum absolute atomic E-state index is 0.249. The first-order chi connectivity index (χ1) is 7.83. The van der Waals surface area contributed by atoms with Crippen molar-refractivity contribution in [1.29, 1.82) is 0 Å². The minimum Gasteiger partial charge on any atom is -0.312 e. The van der Waals surface area contributed by atoms with E-state index in [4.69, 9.17) is 17.4 Å². The molecule has 0 aromatic heterocycles. The van der Waals surface area contributed by atoms with Crippen molar-refractivity contribution in [3.05, 3.63) is 34.6 Å². The summed E-state index contributed by atoms with van der Waals surface area (Å²) in [7, 11) is 0. The Morgan fingerprint density at radius 1 is 1.47 bits per heavy atom. The molecule has 0 aliphatic heterocycles. The summed E-state index contributed by atoms with van der Waals surface area (Å²) >= 11 is 5.94. The number of hydrazine groups is 1. The van der Waals surface area contributed by atoms with Gasteiger partial charge in [0.1, 0.15) is 11.7 Å². The topological polar surface area (TPSA) is 50.4 Å². The monoisotopic (exact) mass is 257 g/mol. The summed E-state index contributed by atoms with van der Waals surface area (Å²) in [4.78, 5) is 4.36. The predicted octanol–water partition coefficient (Wildman–Crippen LogP) is 2.68. The van der Waals surface area contributed by atoms with Crippen molar-refractivity contribution in [3.63, 3.8) is 0 Å². The molecule has 0 aliphatic carbocycles. The number of nitrogens with one attached hydrogen (secondary N) is 1. The van der Waals surface area contributed by atoms with E-state index in [1.165, 1.54) is 6.07 Å². The van der Waals surface area contributed by atoms with Gasteiger partial charge < -0.3 is 5.43 Å². The number of hydrogen-bond donors (Lipinski definition) is 2. The predicted molar refractivity (Wildman–Crippen MR) is 69.6 cm³/mol. The van der Waals surface area contributed by atoms with Crippen LogP contribution in [0.15, 0.2) is 23.2 Å². The van der Waals surface area contributed by atoms with Crippen molar-refractivity contribution < 1.29 is 4.39 Å². The Morgan fingerprint density at radius 2 is 2.12 bits per heavy atom. The van der Waals surface area contributed by atoms with Crippen LogP contribution in [-0.2, 0) is 6.42 Å². The molecule has 1 rings (SSSR count). The summed E-state index contributed by atoms with van der Waals surface area (Å²) < 4.78 is 13.6. The van der Waals surface area contributed by atoms with E-state index in [2.05, 4.69) is 10.4 Å². The van der Waals surface area contributed by atoms with Crippen molar-refractivity contribution in [2.75, 3.05) is 0 Å². The molecule has 0 spiro atoms. The summed E-state index contributed by atoms with van der Waals surface area (Å²) in [6.45, 7) is 5.81. The highest BCUT2D eigenvalue weighted by Gasteiger charge is 2.13. The largest absolute Gasteiger partial charge is 0.312 e. The maximum Gasteiger partial charge on any atom is 0.128 e. The zero-order chi connectivity index (χ0) is 13.1. The van der Waals surface area contributed by atoms with Gasteiger partial charge in [0.2, 0.25) is 0 Å². The molecule has 0 fully saturated rings. The highest BCUT2D eigenvalue weighted by Crippen LogP contribution is 2.20. The first-order valence-electron chi connectivity index (χ1n) is 5.31. The van der Waals surface area contributed by atoms with Gasteiger partial charge in [-0.3, -0.25) is 4.99 Å². The number of benzene rings is 1. The first kappa shape index (κ1) is 13.9. The average Bonchev–Trinajstić information content (AvgIpc) is 2.20. The van der Waals surface area contributed by atoms with Crippen LogP contribution in [0.4, 0.5) is 4.39 Å². The van der Waals surface area contributed by atoms with Gasteiger partial charge in [-0.15, -0.1) is 0 Å². The molecule has 0 atom stereocenters. The molecule has 3 nitrogen and oxygen atoms in total. The third-order valence-corrected chi connectivity index (χ3v) is 2.40. The van der Waals surface area contributed by atoms with E-state index >= 15 is 0 Å². The maximum atomic E-state index is 13.6. The lowest BCUT2D eigenvalue weighted by Crippen LogP contribution is -2.34. The Labute approximate surface area is 106 Å². The summed E-state index contributed by atoms with van der Waals surface area (Å²) in [5, 5.41) is 0.377. The van der Waals surface area contributed by atoms with Crippen molar-refractivity contribution in [1.82, 2.24) is 5.43 Å². The quantitative estimate of drug-likeness (QED) is 0.370. The minimum atomic E-state index is -0.352. The van der Waals surface area contributed by atoms with Crippen molar-refractivity contribution in [3.8, 4) is 0 Å². The van der Waals surface area contributed by atoms with Crippen LogP contribution in [0.25, 0.3) is 0 Å². The van der Waals surface area contributed by atoms with E-state index in [0.29, 0.717) is 16.4 Å². The molecule has 94 valence electrons. The Bertz CT molecular complexity index is 404. The van der Waals surface area contributed by atoms with Crippen LogP contribution in [0.3, 0.4) is 0 Å². The molecule has 1 aromatic rings. The smallest absolute Gasteiger partial charge is 0.128 e. The second-order valence-corrected chi connectivity index (χ2v) is 5.16. The van der Waals surface area contributed by atoms with Gasteiger partial charge in [-0.2, -0.15) is 0 Å². The van der Waals surface area contributed by atoms with Crippen LogP contribution in [0.5, 0.6) is 0 Å². The SMILES string of the molecule is CC(C)(C)N=C(Cc1c(F)cccc1Cl)NN. The number of halogens is 2. The van der Waals surface area contributed by atoms with Gasteiger partial charge in [-0.05, 0) is 32.9 Å². The molecular weight excluding hydrogens is 241 g/mol. The Morgan fingerprint density at radius 3 is 2.59 bits per heavy atom. The summed E-state index contributed by atoms with van der Waals surface area (Å²) in [6.07, 6.45) is 0.249. The van der Waals surface area contributed by atoms with E-state index < -0.39 is 0 Å². The number of aliphatic imine (C=N–C) groups is 1. The lowest BCUT2D eigenvalue weighted by atomic mass is 10.1. The van der Waals surface area contributed by atoms with Gasteiger partial charge in [-0.25, -0.2) is 10.2 Å². The van der Waals surface area contributed by atoms with Crippen LogP contribution in [0, 0.1) is 5.82 Å². The Hall–Kier alpha value is -1.13. The van der Waals surface area contributed by atoms with Crippen molar-refractivity contribution in [2.45, 2.75) is 32.7 Å². The fourth-order valence-corrected chi connectivity index (χ4v) is 1.63. The molecular formula is C12H17ClFN3. The van der Waals surface area contributed by atoms with Crippen LogP contribution in [-0.4, -0.2) is 11.4 Å². The zero-order valence-electron chi connectivity index (χ0n) is 10.2. The molecule has 0 amide bonds. The molecule has 1 aromatic carbocycles. The summed E-state index contributed by atoms with van der Waals surface area (Å²) in [6, 6.07) is 4.58. The summed E-state index contributed by atoms with van der Waals surface area (Å²) in [5.74, 6) is 5.53. The fraction of sp³-hybridized carbons (Fsp3) is 0.417. The van der Waals surface area contributed by atoms with Gasteiger partial charge in [0.05, 0.1) is 5.54 Å². The van der Waals surface area contributed by atoms with E-state index in [9.17, 15) is 4.39 Å². The molecule has 0 saturated carbocycles. The van der Waals surface area contributed by atoms with Gasteiger partial charge in [0.15, 0.2) is 0 Å². The van der Waals surface area contributed by atoms with Crippen LogP contribution >= 0.6 is 11.6 Å². The maximum absolute atomic E-state index is 13.6. The highest BCUT2D eigenvalue weighted by molar-refractivity contribution is 6.31. The normalized spacial score (nSPS) is 12.7. The highest BCUT2D eigenvalue weighted by atomic mass is 35.5. The van der Waals surface area contributed by atoms with Gasteiger partial charge in [0, 0.05) is 17.0 Å². The standard InChI is InChI=1S/C12H17ClFN3/c1-12(2,3)16-11(17-15)7-8-9(13)5-4-6-10(8)14/h4-6H,7,15H2,1-3H3,(H,16,17). The van der Waals surface area contributed by atoms with Gasteiger partial charge in [0.25, 0.3) is 0 Å². The van der Waals surface area contributed by atoms with Crippen molar-refractivity contribution >= 4 is 17.4 Å². The third-order valence-electron chi connectivity index (χ3n) is 2.04. The molecule has 5 heteroatoms. The van der Waals surface area contributed by atoms with Crippen LogP contribution in [0.1, 0.15) is 26.3 Å². The molecule has 0 saturated heterocycles. The zero-order valence-corrected chi connectivity index (χ0v) is 11.0. The molecule has 17 heavy (non-hydrogen) atoms. The second-order valence-electron chi connectivity index (χ2n) is 4.75. The lowest BCUT2D eigenvalue weighted by molar-refractivity contribution is 0.576. The number of nitrogens with two attached hydrogens (primary N) is 1. The summed E-state index contributed by atoms with van der Waals surface area (Å²) in [5.41, 5.74) is 2.61. The number of amidine groups is 1. The van der Waals surface area contributed by atoms with E-state index in [-0.39, 0.29) is 17.8 Å². The molecule has 0 radical (unpaired) electrons. The fourth-order valence-electron chi connectivity index (χ4n) is 1.40. The first-order valence-corrected chi connectivity index (χ1v) is 5.69. The van der Waals surface area contributed by atoms with Crippen LogP contribution in [0.2, 0.25) is 5.02 Å². The third kappa shape index (κ3) is 4.32.